The number of fused-ring (bicyclic) bond motifs is 2. The molecule has 0 fully saturated rings. The fourth-order valence-electron chi connectivity index (χ4n) is 3.13. The molecule has 0 saturated carbocycles. The van der Waals surface area contributed by atoms with Gasteiger partial charge in [0, 0.05) is 33.1 Å². The molecule has 3 aromatic carbocycles. The third-order valence-corrected chi connectivity index (χ3v) is 5.62. The Morgan fingerprint density at radius 2 is 1.27 bits per heavy atom. The van der Waals surface area contributed by atoms with Crippen molar-refractivity contribution in [2.45, 2.75) is 13.3 Å². The minimum atomic E-state index is 0.711. The van der Waals surface area contributed by atoms with E-state index >= 15 is 0 Å². The van der Waals surface area contributed by atoms with Gasteiger partial charge in [-0.15, -0.1) is 0 Å². The average Bonchev–Trinajstić information content (AvgIpc) is 2.69. The first-order valence-electron chi connectivity index (χ1n) is 9.01. The molecule has 2 nitrogen and oxygen atoms in total. The van der Waals surface area contributed by atoms with E-state index in [2.05, 4.69) is 61.9 Å². The Kier molecular flexibility index (Phi) is 6.98. The molecule has 3 aromatic rings. The third kappa shape index (κ3) is 4.07. The smallest absolute Gasteiger partial charge is 0.135 e. The second-order valence-corrected chi connectivity index (χ2v) is 8.09. The van der Waals surface area contributed by atoms with E-state index in [0.29, 0.717) is 13.2 Å². The van der Waals surface area contributed by atoms with Crippen molar-refractivity contribution < 1.29 is 9.47 Å². The summed E-state index contributed by atoms with van der Waals surface area (Å²) in [6.45, 7) is 3.61. The number of ether oxygens (including phenoxy) is 2. The predicted octanol–water partition coefficient (Wildman–Crippen LogP) is 6.04. The van der Waals surface area contributed by atoms with Crippen molar-refractivity contribution >= 4 is 45.1 Å². The largest absolute Gasteiger partial charge is 0.491 e. The van der Waals surface area contributed by atoms with Gasteiger partial charge in [-0.05, 0) is 30.6 Å². The number of benzene rings is 3. The van der Waals surface area contributed by atoms with E-state index in [9.17, 15) is 0 Å². The minimum absolute atomic E-state index is 0.711. The summed E-state index contributed by atoms with van der Waals surface area (Å²) in [5, 5.41) is 4.56. The van der Waals surface area contributed by atoms with Crippen molar-refractivity contribution in [1.29, 1.82) is 0 Å². The van der Waals surface area contributed by atoms with Gasteiger partial charge in [0.05, 0.1) is 13.2 Å². The molecule has 0 bridgehead atoms. The van der Waals surface area contributed by atoms with Crippen LogP contribution in [-0.4, -0.2) is 37.2 Å². The first-order chi connectivity index (χ1) is 12.8. The van der Waals surface area contributed by atoms with Gasteiger partial charge < -0.3 is 9.47 Å². The van der Waals surface area contributed by atoms with Crippen molar-refractivity contribution in [3.63, 3.8) is 0 Å². The Hall–Kier alpha value is -1.52. The molecule has 26 heavy (non-hydrogen) atoms. The van der Waals surface area contributed by atoms with Gasteiger partial charge >= 0.3 is 0 Å². The molecule has 0 heterocycles. The van der Waals surface area contributed by atoms with Gasteiger partial charge in [-0.1, -0.05) is 43.3 Å². The van der Waals surface area contributed by atoms with E-state index in [-0.39, 0.29) is 0 Å². The van der Waals surface area contributed by atoms with Crippen molar-refractivity contribution in [3.05, 3.63) is 48.0 Å². The molecular weight excluding hydrogens is 360 g/mol. The zero-order chi connectivity index (χ0) is 18.4. The number of rotatable bonds is 9. The Morgan fingerprint density at radius 3 is 1.81 bits per heavy atom. The molecule has 0 saturated heterocycles. The maximum Gasteiger partial charge on any atom is 0.135 e. The van der Waals surface area contributed by atoms with E-state index in [1.54, 1.807) is 23.5 Å². The molecule has 0 aliphatic heterocycles. The summed E-state index contributed by atoms with van der Waals surface area (Å²) in [5.74, 6) is 3.92. The first kappa shape index (κ1) is 19.2. The van der Waals surface area contributed by atoms with Crippen molar-refractivity contribution in [3.8, 4) is 11.5 Å². The lowest BCUT2D eigenvalue weighted by Crippen LogP contribution is -2.04. The second kappa shape index (κ2) is 9.43. The Bertz CT molecular complexity index is 877. The molecule has 3 rings (SSSR count). The Labute approximate surface area is 164 Å². The fourth-order valence-corrected chi connectivity index (χ4v) is 3.63. The van der Waals surface area contributed by atoms with E-state index in [1.165, 1.54) is 5.56 Å². The highest BCUT2D eigenvalue weighted by molar-refractivity contribution is 7.98. The van der Waals surface area contributed by atoms with Crippen LogP contribution in [0.1, 0.15) is 12.5 Å². The monoisotopic (exact) mass is 386 g/mol. The molecule has 4 heteroatoms. The van der Waals surface area contributed by atoms with Crippen LogP contribution >= 0.6 is 23.5 Å². The minimum Gasteiger partial charge on any atom is -0.491 e. The number of hydrogen-bond donors (Lipinski definition) is 0. The Morgan fingerprint density at radius 1 is 0.731 bits per heavy atom. The van der Waals surface area contributed by atoms with E-state index in [4.69, 9.17) is 9.47 Å². The average molecular weight is 387 g/mol. The van der Waals surface area contributed by atoms with Crippen LogP contribution in [0.15, 0.2) is 42.5 Å². The van der Waals surface area contributed by atoms with Crippen LogP contribution in [0.4, 0.5) is 0 Å². The summed E-state index contributed by atoms with van der Waals surface area (Å²) < 4.78 is 12.5. The van der Waals surface area contributed by atoms with Crippen LogP contribution in [-0.2, 0) is 6.42 Å². The third-order valence-electron chi connectivity index (χ3n) is 4.47. The maximum absolute atomic E-state index is 6.27. The SMILES string of the molecule is CCc1ccc2c(OCCSC)c3ccccc3c(OCCSC)c2c1. The molecule has 138 valence electrons. The van der Waals surface area contributed by atoms with E-state index in [0.717, 1.165) is 51.0 Å². The lowest BCUT2D eigenvalue weighted by Gasteiger charge is -2.18. The molecule has 0 aromatic heterocycles. The number of hydrogen-bond acceptors (Lipinski definition) is 4. The molecule has 0 radical (unpaired) electrons. The quantitative estimate of drug-likeness (QED) is 0.329. The van der Waals surface area contributed by atoms with Crippen molar-refractivity contribution in [1.82, 2.24) is 0 Å². The highest BCUT2D eigenvalue weighted by Gasteiger charge is 2.16. The summed E-state index contributed by atoms with van der Waals surface area (Å²) in [7, 11) is 0. The molecule has 0 atom stereocenters. The molecule has 0 amide bonds. The van der Waals surface area contributed by atoms with Gasteiger partial charge in [0.15, 0.2) is 0 Å². The van der Waals surface area contributed by atoms with Gasteiger partial charge in [0.25, 0.3) is 0 Å². The summed E-state index contributed by atoms with van der Waals surface area (Å²) in [6.07, 6.45) is 5.23. The van der Waals surface area contributed by atoms with Crippen LogP contribution in [0.3, 0.4) is 0 Å². The number of thioether (sulfide) groups is 2. The summed E-state index contributed by atoms with van der Waals surface area (Å²) in [5.41, 5.74) is 1.32. The van der Waals surface area contributed by atoms with Crippen molar-refractivity contribution in [2.24, 2.45) is 0 Å². The van der Waals surface area contributed by atoms with Gasteiger partial charge in [-0.2, -0.15) is 23.5 Å². The molecule has 0 spiro atoms. The molecule has 0 N–H and O–H groups in total. The van der Waals surface area contributed by atoms with Crippen LogP contribution in [0.5, 0.6) is 11.5 Å². The van der Waals surface area contributed by atoms with E-state index < -0.39 is 0 Å². The standard InChI is InChI=1S/C22H26O2S2/c1-4-16-9-10-19-20(15-16)22(24-12-14-26-3)18-8-6-5-7-17(18)21(19)23-11-13-25-2/h5-10,15H,4,11-14H2,1-3H3. The fraction of sp³-hybridized carbons (Fsp3) is 0.364. The number of aryl methyl sites for hydroxylation is 1. The molecule has 0 aliphatic rings. The highest BCUT2D eigenvalue weighted by Crippen LogP contribution is 2.43. The summed E-state index contributed by atoms with van der Waals surface area (Å²) in [4.78, 5) is 0. The highest BCUT2D eigenvalue weighted by atomic mass is 32.2. The predicted molar refractivity (Wildman–Crippen MR) is 119 cm³/mol. The lowest BCUT2D eigenvalue weighted by atomic mass is 9.98. The normalized spacial score (nSPS) is 11.2. The first-order valence-corrected chi connectivity index (χ1v) is 11.8. The van der Waals surface area contributed by atoms with Crippen LogP contribution in [0.2, 0.25) is 0 Å². The zero-order valence-corrected chi connectivity index (χ0v) is 17.3. The van der Waals surface area contributed by atoms with Gasteiger partial charge in [0.1, 0.15) is 11.5 Å². The van der Waals surface area contributed by atoms with Crippen LogP contribution in [0, 0.1) is 0 Å². The maximum atomic E-state index is 6.27. The topological polar surface area (TPSA) is 18.5 Å². The van der Waals surface area contributed by atoms with Crippen LogP contribution < -0.4 is 9.47 Å². The zero-order valence-electron chi connectivity index (χ0n) is 15.7. The Balaban J connectivity index is 2.22. The second-order valence-electron chi connectivity index (χ2n) is 6.12. The summed E-state index contributed by atoms with van der Waals surface area (Å²) in [6, 6.07) is 15.1. The van der Waals surface area contributed by atoms with Gasteiger partial charge in [0.2, 0.25) is 0 Å². The molecule has 0 unspecified atom stereocenters. The van der Waals surface area contributed by atoms with Crippen molar-refractivity contribution in [2.75, 3.05) is 37.2 Å². The molecule has 0 aliphatic carbocycles. The van der Waals surface area contributed by atoms with E-state index in [1.807, 2.05) is 0 Å². The van der Waals surface area contributed by atoms with Gasteiger partial charge in [-0.3, -0.25) is 0 Å². The summed E-state index contributed by atoms with van der Waals surface area (Å²) >= 11 is 3.61. The van der Waals surface area contributed by atoms with Crippen LogP contribution in [0.25, 0.3) is 21.5 Å². The molecular formula is C22H26O2S2. The lowest BCUT2D eigenvalue weighted by molar-refractivity contribution is 0.346. The van der Waals surface area contributed by atoms with Gasteiger partial charge in [-0.25, -0.2) is 0 Å².